The number of sulfonamides is 1. The van der Waals surface area contributed by atoms with Crippen molar-refractivity contribution >= 4 is 50.8 Å². The summed E-state index contributed by atoms with van der Waals surface area (Å²) in [6, 6.07) is 12.0. The van der Waals surface area contributed by atoms with Gasteiger partial charge in [0, 0.05) is 0 Å². The molecule has 168 valence electrons. The molecule has 3 aromatic rings. The Morgan fingerprint density at radius 1 is 1.06 bits per heavy atom. The summed E-state index contributed by atoms with van der Waals surface area (Å²) in [6.45, 7) is 0.953. The van der Waals surface area contributed by atoms with E-state index < -0.39 is 28.5 Å². The molecule has 0 aliphatic rings. The fraction of sp³-hybridized carbons (Fsp3) is 0.143. The summed E-state index contributed by atoms with van der Waals surface area (Å²) >= 11 is 12.0. The van der Waals surface area contributed by atoms with E-state index in [0.717, 1.165) is 0 Å². The van der Waals surface area contributed by atoms with Gasteiger partial charge in [-0.2, -0.15) is 0 Å². The number of para-hydroxylation sites is 1. The second-order valence-corrected chi connectivity index (χ2v) is 9.18. The molecule has 1 aromatic heterocycles. The highest BCUT2D eigenvalue weighted by atomic mass is 35.5. The number of anilines is 1. The number of carbonyl (C=O) groups excluding carboxylic acids is 2. The molecule has 32 heavy (non-hydrogen) atoms. The van der Waals surface area contributed by atoms with Gasteiger partial charge < -0.3 is 14.5 Å². The quantitative estimate of drug-likeness (QED) is 0.452. The molecule has 1 amide bonds. The van der Waals surface area contributed by atoms with Gasteiger partial charge in [0.05, 0.1) is 39.0 Å². The molecule has 11 heteroatoms. The molecule has 1 heterocycles. The van der Waals surface area contributed by atoms with Crippen LogP contribution in [-0.2, 0) is 26.1 Å². The maximum atomic E-state index is 12.6. The highest BCUT2D eigenvalue weighted by Gasteiger charge is 2.20. The van der Waals surface area contributed by atoms with Crippen LogP contribution in [0.1, 0.15) is 21.7 Å². The average molecular weight is 497 g/mol. The number of benzene rings is 2. The van der Waals surface area contributed by atoms with Gasteiger partial charge in [-0.1, -0.05) is 35.3 Å². The van der Waals surface area contributed by atoms with Gasteiger partial charge in [-0.05, 0) is 48.9 Å². The Morgan fingerprint density at radius 3 is 2.44 bits per heavy atom. The molecule has 0 fully saturated rings. The zero-order chi connectivity index (χ0) is 23.3. The van der Waals surface area contributed by atoms with Gasteiger partial charge in [0.2, 0.25) is 10.0 Å². The Labute approximate surface area is 194 Å². The summed E-state index contributed by atoms with van der Waals surface area (Å²) in [5, 5.41) is 2.93. The molecular formula is C21H18Cl2N2O6S. The number of nitrogens with one attached hydrogen (secondary N) is 2. The Kier molecular flexibility index (Phi) is 7.57. The number of rotatable bonds is 8. The predicted molar refractivity (Wildman–Crippen MR) is 119 cm³/mol. The van der Waals surface area contributed by atoms with Crippen LogP contribution in [0.4, 0.5) is 5.69 Å². The summed E-state index contributed by atoms with van der Waals surface area (Å²) in [6.07, 6.45) is 1.43. The van der Waals surface area contributed by atoms with Crippen LogP contribution in [0.2, 0.25) is 10.0 Å². The van der Waals surface area contributed by atoms with Crippen molar-refractivity contribution < 1.29 is 27.2 Å². The lowest BCUT2D eigenvalue weighted by atomic mass is 10.1. The predicted octanol–water partition coefficient (Wildman–Crippen LogP) is 4.17. The molecule has 3 rings (SSSR count). The normalized spacial score (nSPS) is 11.2. The lowest BCUT2D eigenvalue weighted by molar-refractivity contribution is -0.119. The number of ether oxygens (including phenoxy) is 1. The number of amides is 1. The van der Waals surface area contributed by atoms with Gasteiger partial charge in [-0.3, -0.25) is 4.79 Å². The number of carbonyl (C=O) groups is 2. The molecule has 8 nitrogen and oxygen atoms in total. The highest BCUT2D eigenvalue weighted by Crippen LogP contribution is 2.29. The van der Waals surface area contributed by atoms with Gasteiger partial charge in [-0.15, -0.1) is 0 Å². The van der Waals surface area contributed by atoms with Crippen LogP contribution in [0.5, 0.6) is 0 Å². The molecule has 0 spiro atoms. The third-order valence-corrected chi connectivity index (χ3v) is 6.35. The largest absolute Gasteiger partial charge is 0.468 e. The molecule has 0 saturated carbocycles. The van der Waals surface area contributed by atoms with E-state index >= 15 is 0 Å². The smallest absolute Gasteiger partial charge is 0.338 e. The summed E-state index contributed by atoms with van der Waals surface area (Å²) in [5.41, 5.74) is 0.688. The molecule has 0 aliphatic carbocycles. The molecule has 0 unspecified atom stereocenters. The molecule has 2 N–H and O–H groups in total. The molecule has 0 saturated heterocycles. The van der Waals surface area contributed by atoms with Crippen LogP contribution in [0.25, 0.3) is 0 Å². The van der Waals surface area contributed by atoms with E-state index in [1.54, 1.807) is 37.3 Å². The van der Waals surface area contributed by atoms with E-state index in [0.29, 0.717) is 11.3 Å². The van der Waals surface area contributed by atoms with E-state index in [2.05, 4.69) is 10.0 Å². The van der Waals surface area contributed by atoms with E-state index in [1.165, 1.54) is 24.5 Å². The molecular weight excluding hydrogens is 479 g/mol. The zero-order valence-corrected chi connectivity index (χ0v) is 19.1. The minimum Gasteiger partial charge on any atom is -0.468 e. The van der Waals surface area contributed by atoms with E-state index in [4.69, 9.17) is 32.4 Å². The first-order chi connectivity index (χ1) is 15.2. The summed E-state index contributed by atoms with van der Waals surface area (Å²) < 4.78 is 37.6. The van der Waals surface area contributed by atoms with Crippen molar-refractivity contribution in [3.63, 3.8) is 0 Å². The number of aryl methyl sites for hydroxylation is 1. The SMILES string of the molecule is Cc1ccc(S(=O)(=O)NCc2ccco2)cc1C(=O)OCC(=O)Nc1c(Cl)cccc1Cl. The van der Waals surface area contributed by atoms with E-state index in [1.807, 2.05) is 0 Å². The summed E-state index contributed by atoms with van der Waals surface area (Å²) in [4.78, 5) is 24.5. The van der Waals surface area contributed by atoms with Crippen molar-refractivity contribution in [1.82, 2.24) is 4.72 Å². The van der Waals surface area contributed by atoms with Crippen molar-refractivity contribution in [2.45, 2.75) is 18.4 Å². The van der Waals surface area contributed by atoms with Crippen molar-refractivity contribution in [3.05, 3.63) is 81.7 Å². The third kappa shape index (κ3) is 5.89. The minimum absolute atomic E-state index is 0.00875. The number of esters is 1. The van der Waals surface area contributed by atoms with Crippen LogP contribution >= 0.6 is 23.2 Å². The fourth-order valence-electron chi connectivity index (χ4n) is 2.65. The Balaban J connectivity index is 1.66. The highest BCUT2D eigenvalue weighted by molar-refractivity contribution is 7.89. The van der Waals surface area contributed by atoms with Gasteiger partial charge in [-0.25, -0.2) is 17.9 Å². The van der Waals surface area contributed by atoms with Crippen LogP contribution in [0.3, 0.4) is 0 Å². The molecule has 0 aliphatic heterocycles. The van der Waals surface area contributed by atoms with Crippen molar-refractivity contribution in [3.8, 4) is 0 Å². The van der Waals surface area contributed by atoms with Crippen molar-refractivity contribution in [2.24, 2.45) is 0 Å². The second kappa shape index (κ2) is 10.2. The summed E-state index contributed by atoms with van der Waals surface area (Å²) in [5.74, 6) is -1.08. The molecule has 0 atom stereocenters. The van der Waals surface area contributed by atoms with Crippen LogP contribution in [0.15, 0.2) is 64.1 Å². The molecule has 2 aromatic carbocycles. The molecule has 0 bridgehead atoms. The lowest BCUT2D eigenvalue weighted by Gasteiger charge is -2.11. The Hall–Kier alpha value is -2.85. The lowest BCUT2D eigenvalue weighted by Crippen LogP contribution is -2.24. The fourth-order valence-corrected chi connectivity index (χ4v) is 4.16. The molecule has 0 radical (unpaired) electrons. The summed E-state index contributed by atoms with van der Waals surface area (Å²) in [7, 11) is -3.92. The Bertz CT molecular complexity index is 1220. The number of halogens is 2. The number of furan rings is 1. The van der Waals surface area contributed by atoms with Gasteiger partial charge in [0.1, 0.15) is 5.76 Å². The maximum Gasteiger partial charge on any atom is 0.338 e. The zero-order valence-electron chi connectivity index (χ0n) is 16.7. The van der Waals surface area contributed by atoms with E-state index in [9.17, 15) is 18.0 Å². The van der Waals surface area contributed by atoms with Crippen LogP contribution in [0, 0.1) is 6.92 Å². The monoisotopic (exact) mass is 496 g/mol. The average Bonchev–Trinajstić information content (AvgIpc) is 3.27. The van der Waals surface area contributed by atoms with Crippen LogP contribution in [-0.4, -0.2) is 26.9 Å². The topological polar surface area (TPSA) is 115 Å². The third-order valence-electron chi connectivity index (χ3n) is 4.32. The second-order valence-electron chi connectivity index (χ2n) is 6.60. The maximum absolute atomic E-state index is 12.6. The standard InChI is InChI=1S/C21H18Cl2N2O6S/c1-13-7-8-15(32(28,29)24-11-14-4-3-9-30-14)10-16(13)21(27)31-12-19(26)25-20-17(22)5-2-6-18(20)23/h2-10,24H,11-12H2,1H3,(H,25,26). The first kappa shape index (κ1) is 23.8. The van der Waals surface area contributed by atoms with Crippen molar-refractivity contribution in [1.29, 1.82) is 0 Å². The first-order valence-electron chi connectivity index (χ1n) is 9.21. The first-order valence-corrected chi connectivity index (χ1v) is 11.4. The van der Waals surface area contributed by atoms with Crippen molar-refractivity contribution in [2.75, 3.05) is 11.9 Å². The van der Waals surface area contributed by atoms with Crippen LogP contribution < -0.4 is 10.0 Å². The van der Waals surface area contributed by atoms with Gasteiger partial charge in [0.25, 0.3) is 5.91 Å². The number of hydrogen-bond donors (Lipinski definition) is 2. The van der Waals surface area contributed by atoms with Gasteiger partial charge >= 0.3 is 5.97 Å². The van der Waals surface area contributed by atoms with Gasteiger partial charge in [0.15, 0.2) is 6.61 Å². The number of hydrogen-bond acceptors (Lipinski definition) is 6. The van der Waals surface area contributed by atoms with E-state index in [-0.39, 0.29) is 32.7 Å². The minimum atomic E-state index is -3.92. The Morgan fingerprint density at radius 2 is 1.78 bits per heavy atom.